The van der Waals surface area contributed by atoms with Gasteiger partial charge < -0.3 is 4.90 Å². The number of rotatable bonds is 1. The first-order chi connectivity index (χ1) is 9.25. The number of halogens is 2. The van der Waals surface area contributed by atoms with Crippen molar-refractivity contribution in [3.8, 4) is 0 Å². The summed E-state index contributed by atoms with van der Waals surface area (Å²) in [6, 6.07) is 4.00. The van der Waals surface area contributed by atoms with Gasteiger partial charge in [0.1, 0.15) is 12.1 Å². The van der Waals surface area contributed by atoms with Crippen LogP contribution in [0.1, 0.15) is 24.2 Å². The quantitative estimate of drug-likeness (QED) is 0.796. The molecular weight excluding hydrogens is 287 g/mol. The first-order valence-electron chi connectivity index (χ1n) is 5.85. The highest BCUT2D eigenvalue weighted by atomic mass is 35.5. The van der Waals surface area contributed by atoms with Gasteiger partial charge >= 0.3 is 0 Å². The van der Waals surface area contributed by atoms with Gasteiger partial charge in [0, 0.05) is 0 Å². The van der Waals surface area contributed by atoms with Crippen molar-refractivity contribution in [1.29, 1.82) is 0 Å². The summed E-state index contributed by atoms with van der Waals surface area (Å²) in [6.45, 7) is 2.65. The van der Waals surface area contributed by atoms with E-state index in [-0.39, 0.29) is 17.1 Å². The molecule has 0 saturated carbocycles. The van der Waals surface area contributed by atoms with Crippen molar-refractivity contribution in [2.24, 2.45) is 0 Å². The smallest absolute Gasteiger partial charge is 0.258 e. The monoisotopic (exact) mass is 298 g/mol. The summed E-state index contributed by atoms with van der Waals surface area (Å²) in [5.74, 6) is -2.83. The van der Waals surface area contributed by atoms with E-state index >= 15 is 0 Å². The molecule has 1 N–H and O–H groups in total. The topological polar surface area (TPSA) is 66.5 Å². The molecule has 1 aromatic carbocycles. The standard InChI is InChI=1S/C13H12ClFN2O3/c1-13(2)12(20)16-9(18)6-17(13)11(19)7-4-3-5-8(14)10(7)15/h3-5H,6H2,1-2H3,(H,16,18,20). The van der Waals surface area contributed by atoms with Crippen LogP contribution in [0.25, 0.3) is 0 Å². The summed E-state index contributed by atoms with van der Waals surface area (Å²) in [5, 5.41) is 1.95. The fraction of sp³-hybridized carbons (Fsp3) is 0.308. The number of amides is 3. The SMILES string of the molecule is CC1(C)C(=O)NC(=O)CN1C(=O)c1cccc(Cl)c1F. The fourth-order valence-corrected chi connectivity index (χ4v) is 2.10. The van der Waals surface area contributed by atoms with Crippen LogP contribution in [0.2, 0.25) is 5.02 Å². The number of nitrogens with zero attached hydrogens (tertiary/aromatic N) is 1. The Hall–Kier alpha value is -1.95. The summed E-state index contributed by atoms with van der Waals surface area (Å²) in [7, 11) is 0. The van der Waals surface area contributed by atoms with Gasteiger partial charge in [-0.3, -0.25) is 19.7 Å². The summed E-state index contributed by atoms with van der Waals surface area (Å²) in [6.07, 6.45) is 0. The number of hydrogen-bond acceptors (Lipinski definition) is 3. The lowest BCUT2D eigenvalue weighted by Gasteiger charge is -2.40. The molecular formula is C13H12ClFN2O3. The van der Waals surface area contributed by atoms with Crippen molar-refractivity contribution in [1.82, 2.24) is 10.2 Å². The number of benzene rings is 1. The summed E-state index contributed by atoms with van der Waals surface area (Å²) in [5.41, 5.74) is -1.52. The molecule has 0 unspecified atom stereocenters. The number of carbonyl (C=O) groups is 3. The molecule has 2 rings (SSSR count). The van der Waals surface area contributed by atoms with E-state index in [0.29, 0.717) is 0 Å². The van der Waals surface area contributed by atoms with E-state index in [1.807, 2.05) is 0 Å². The minimum Gasteiger partial charge on any atom is -0.315 e. The van der Waals surface area contributed by atoms with Gasteiger partial charge in [-0.2, -0.15) is 0 Å². The second-order valence-corrected chi connectivity index (χ2v) is 5.34. The van der Waals surface area contributed by atoms with Crippen molar-refractivity contribution in [2.75, 3.05) is 6.54 Å². The number of hydrogen-bond donors (Lipinski definition) is 1. The zero-order valence-electron chi connectivity index (χ0n) is 10.9. The Morgan fingerprint density at radius 3 is 2.70 bits per heavy atom. The normalized spacial score (nSPS) is 17.9. The molecule has 3 amide bonds. The maximum atomic E-state index is 13.9. The molecule has 1 fully saturated rings. The Morgan fingerprint density at radius 1 is 1.40 bits per heavy atom. The van der Waals surface area contributed by atoms with E-state index in [0.717, 1.165) is 4.90 Å². The van der Waals surface area contributed by atoms with Crippen molar-refractivity contribution in [3.05, 3.63) is 34.6 Å². The third-order valence-electron chi connectivity index (χ3n) is 3.21. The molecule has 0 radical (unpaired) electrons. The third kappa shape index (κ3) is 2.27. The van der Waals surface area contributed by atoms with Gasteiger partial charge in [0.15, 0.2) is 5.82 Å². The van der Waals surface area contributed by atoms with Gasteiger partial charge in [0.25, 0.3) is 11.8 Å². The highest BCUT2D eigenvalue weighted by Gasteiger charge is 2.44. The third-order valence-corrected chi connectivity index (χ3v) is 3.50. The first-order valence-corrected chi connectivity index (χ1v) is 6.23. The van der Waals surface area contributed by atoms with E-state index in [2.05, 4.69) is 5.32 Å². The van der Waals surface area contributed by atoms with E-state index in [1.165, 1.54) is 32.0 Å². The molecule has 7 heteroatoms. The van der Waals surface area contributed by atoms with Crippen molar-refractivity contribution < 1.29 is 18.8 Å². The Balaban J connectivity index is 2.43. The predicted octanol–water partition coefficient (Wildman–Crippen LogP) is 1.36. The highest BCUT2D eigenvalue weighted by Crippen LogP contribution is 2.24. The summed E-state index contributed by atoms with van der Waals surface area (Å²) < 4.78 is 13.9. The minimum atomic E-state index is -1.25. The Labute approximate surface area is 119 Å². The van der Waals surface area contributed by atoms with Gasteiger partial charge in [-0.15, -0.1) is 0 Å². The predicted molar refractivity (Wildman–Crippen MR) is 69.7 cm³/mol. The van der Waals surface area contributed by atoms with Gasteiger partial charge in [0.2, 0.25) is 5.91 Å². The van der Waals surface area contributed by atoms with Gasteiger partial charge in [0.05, 0.1) is 10.6 Å². The van der Waals surface area contributed by atoms with Gasteiger partial charge in [-0.25, -0.2) is 4.39 Å². The maximum Gasteiger partial charge on any atom is 0.258 e. The molecule has 1 heterocycles. The number of piperazine rings is 1. The molecule has 1 aromatic rings. The second-order valence-electron chi connectivity index (χ2n) is 4.93. The van der Waals surface area contributed by atoms with Crippen molar-refractivity contribution >= 4 is 29.3 Å². The van der Waals surface area contributed by atoms with Crippen LogP contribution in [0, 0.1) is 5.82 Å². The molecule has 1 aliphatic heterocycles. The van der Waals surface area contributed by atoms with Gasteiger partial charge in [-0.05, 0) is 26.0 Å². The van der Waals surface area contributed by atoms with E-state index in [9.17, 15) is 18.8 Å². The van der Waals surface area contributed by atoms with Crippen LogP contribution < -0.4 is 5.32 Å². The molecule has 1 aliphatic rings. The van der Waals surface area contributed by atoms with Crippen LogP contribution in [-0.4, -0.2) is 34.7 Å². The van der Waals surface area contributed by atoms with Crippen molar-refractivity contribution in [3.63, 3.8) is 0 Å². The summed E-state index contributed by atoms with van der Waals surface area (Å²) in [4.78, 5) is 36.6. The molecule has 5 nitrogen and oxygen atoms in total. The molecule has 0 aromatic heterocycles. The molecule has 0 spiro atoms. The van der Waals surface area contributed by atoms with Crippen LogP contribution in [0.15, 0.2) is 18.2 Å². The number of carbonyl (C=O) groups excluding carboxylic acids is 3. The molecule has 1 saturated heterocycles. The van der Waals surface area contributed by atoms with Crippen LogP contribution in [0.3, 0.4) is 0 Å². The van der Waals surface area contributed by atoms with E-state index in [1.54, 1.807) is 0 Å². The second kappa shape index (κ2) is 4.86. The Morgan fingerprint density at radius 2 is 2.05 bits per heavy atom. The number of nitrogens with one attached hydrogen (secondary N) is 1. The van der Waals surface area contributed by atoms with Crippen LogP contribution in [0.5, 0.6) is 0 Å². The highest BCUT2D eigenvalue weighted by molar-refractivity contribution is 6.31. The zero-order chi connectivity index (χ0) is 15.1. The zero-order valence-corrected chi connectivity index (χ0v) is 11.6. The lowest BCUT2D eigenvalue weighted by molar-refractivity contribution is -0.143. The van der Waals surface area contributed by atoms with Gasteiger partial charge in [-0.1, -0.05) is 17.7 Å². The fourth-order valence-electron chi connectivity index (χ4n) is 1.92. The van der Waals surface area contributed by atoms with Crippen LogP contribution in [-0.2, 0) is 9.59 Å². The van der Waals surface area contributed by atoms with Crippen LogP contribution in [0.4, 0.5) is 4.39 Å². The Kier molecular flexibility index (Phi) is 3.52. The molecule has 0 aliphatic carbocycles. The molecule has 0 bridgehead atoms. The molecule has 20 heavy (non-hydrogen) atoms. The minimum absolute atomic E-state index is 0.193. The largest absolute Gasteiger partial charge is 0.315 e. The number of imide groups is 1. The summed E-state index contributed by atoms with van der Waals surface area (Å²) >= 11 is 5.63. The van der Waals surface area contributed by atoms with Crippen LogP contribution >= 0.6 is 11.6 Å². The lowest BCUT2D eigenvalue weighted by atomic mass is 9.97. The maximum absolute atomic E-state index is 13.9. The lowest BCUT2D eigenvalue weighted by Crippen LogP contribution is -2.65. The molecule has 106 valence electrons. The first kappa shape index (κ1) is 14.5. The average molecular weight is 299 g/mol. The van der Waals surface area contributed by atoms with E-state index in [4.69, 9.17) is 11.6 Å². The average Bonchev–Trinajstić information content (AvgIpc) is 2.37. The molecule has 0 atom stereocenters. The van der Waals surface area contributed by atoms with E-state index < -0.39 is 29.1 Å². The van der Waals surface area contributed by atoms with Crippen molar-refractivity contribution in [2.45, 2.75) is 19.4 Å². The Bertz CT molecular complexity index is 616.